The maximum Gasteiger partial charge on any atom is 0.239 e. The molecule has 2 saturated carbocycles. The van der Waals surface area contributed by atoms with Gasteiger partial charge in [0, 0.05) is 13.1 Å². The minimum Gasteiger partial charge on any atom is -0.367 e. The molecule has 176 valence electrons. The monoisotopic (exact) mass is 462 g/mol. The van der Waals surface area contributed by atoms with Crippen molar-refractivity contribution in [3.05, 3.63) is 29.3 Å². The molecule has 2 heterocycles. The van der Waals surface area contributed by atoms with Crippen molar-refractivity contribution in [2.75, 3.05) is 29.1 Å². The highest BCUT2D eigenvalue weighted by atomic mass is 35.5. The number of halogens is 3. The number of nitrogen functional groups attached to an aromatic ring is 1. The largest absolute Gasteiger partial charge is 0.367 e. The van der Waals surface area contributed by atoms with Gasteiger partial charge in [-0.2, -0.15) is 9.97 Å². The fourth-order valence-corrected chi connectivity index (χ4v) is 2.29. The van der Waals surface area contributed by atoms with E-state index < -0.39 is 11.6 Å². The molecule has 0 bridgehead atoms. The summed E-state index contributed by atoms with van der Waals surface area (Å²) in [5.41, 5.74) is 2.27. The standard InChI is InChI=1S/C8H9ClFN3.C8H12FN5.2CH4.H4N2/c9-8-12-4-6(10)7(13-8)11-3-5-1-2-5;9-6-4-12-8(14-10)13-7(6)11-3-5-1-2-5;;;1-2/h4-5H,1-3H2,(H,11,12,13);4-5H,1-3,10H2,(H2,11,12,13,14);2*1H4;1-2H2. The molecule has 2 aromatic rings. The predicted molar refractivity (Wildman–Crippen MR) is 121 cm³/mol. The number of hydrazine groups is 2. The van der Waals surface area contributed by atoms with Gasteiger partial charge in [0.2, 0.25) is 11.2 Å². The van der Waals surface area contributed by atoms with Crippen LogP contribution in [0.4, 0.5) is 26.4 Å². The Labute approximate surface area is 186 Å². The number of nitrogens with two attached hydrogens (primary N) is 3. The van der Waals surface area contributed by atoms with Gasteiger partial charge in [0.25, 0.3) is 0 Å². The Balaban J connectivity index is 0.000000508. The molecule has 0 aromatic carbocycles. The zero-order valence-corrected chi connectivity index (χ0v) is 16.5. The summed E-state index contributed by atoms with van der Waals surface area (Å²) in [5, 5.41) is 5.90. The van der Waals surface area contributed by atoms with Gasteiger partial charge in [0.05, 0.1) is 12.4 Å². The van der Waals surface area contributed by atoms with Gasteiger partial charge in [-0.25, -0.2) is 24.6 Å². The number of nitrogens with zero attached hydrogens (tertiary/aromatic N) is 4. The molecule has 9 N–H and O–H groups in total. The number of anilines is 3. The Bertz CT molecular complexity index is 775. The average molecular weight is 463 g/mol. The number of rotatable bonds is 7. The van der Waals surface area contributed by atoms with Crippen molar-refractivity contribution in [1.82, 2.24) is 19.9 Å². The molecular formula is C18H33ClF2N10. The molecule has 0 spiro atoms. The van der Waals surface area contributed by atoms with Crippen LogP contribution < -0.4 is 33.6 Å². The van der Waals surface area contributed by atoms with Crippen LogP contribution in [0.1, 0.15) is 40.5 Å². The summed E-state index contributed by atoms with van der Waals surface area (Å²) in [6, 6.07) is 0. The Kier molecular flexibility index (Phi) is 13.4. The highest BCUT2D eigenvalue weighted by Gasteiger charge is 2.22. The van der Waals surface area contributed by atoms with Gasteiger partial charge >= 0.3 is 0 Å². The fraction of sp³-hybridized carbons (Fsp3) is 0.556. The Morgan fingerprint density at radius 3 is 1.77 bits per heavy atom. The van der Waals surface area contributed by atoms with Crippen LogP contribution in [-0.2, 0) is 0 Å². The molecule has 13 heteroatoms. The van der Waals surface area contributed by atoms with Crippen LogP contribution in [-0.4, -0.2) is 33.0 Å². The molecule has 2 aromatic heterocycles. The lowest BCUT2D eigenvalue weighted by molar-refractivity contribution is 0.615. The number of nitrogens with one attached hydrogen (secondary N) is 3. The average Bonchev–Trinajstić information content (AvgIpc) is 3.65. The van der Waals surface area contributed by atoms with Crippen LogP contribution in [0.2, 0.25) is 5.28 Å². The summed E-state index contributed by atoms with van der Waals surface area (Å²) in [5.74, 6) is 14.2. The second-order valence-corrected chi connectivity index (χ2v) is 6.86. The summed E-state index contributed by atoms with van der Waals surface area (Å²) in [6.07, 6.45) is 7.02. The van der Waals surface area contributed by atoms with E-state index in [0.717, 1.165) is 25.5 Å². The molecule has 0 amide bonds. The SMILES string of the molecule is C.C.Fc1cnc(Cl)nc1NCC1CC1.NN.NNc1ncc(F)c(NCC2CC2)n1. The predicted octanol–water partition coefficient (Wildman–Crippen LogP) is 2.91. The third-order valence-corrected chi connectivity index (χ3v) is 4.28. The van der Waals surface area contributed by atoms with Crippen LogP contribution in [0.3, 0.4) is 0 Å². The third-order valence-electron chi connectivity index (χ3n) is 4.10. The molecule has 31 heavy (non-hydrogen) atoms. The van der Waals surface area contributed by atoms with Crippen molar-refractivity contribution >= 4 is 29.2 Å². The summed E-state index contributed by atoms with van der Waals surface area (Å²) in [7, 11) is 0. The smallest absolute Gasteiger partial charge is 0.239 e. The second kappa shape index (κ2) is 14.6. The topological polar surface area (TPSA) is 166 Å². The van der Waals surface area contributed by atoms with E-state index in [1.54, 1.807) is 0 Å². The molecule has 0 saturated heterocycles. The first kappa shape index (κ1) is 28.6. The number of aromatic nitrogens is 4. The van der Waals surface area contributed by atoms with E-state index in [9.17, 15) is 8.78 Å². The fourth-order valence-electron chi connectivity index (χ4n) is 2.16. The Morgan fingerprint density at radius 1 is 0.871 bits per heavy atom. The van der Waals surface area contributed by atoms with Gasteiger partial charge in [0.15, 0.2) is 23.3 Å². The number of hydrogen-bond donors (Lipinski definition) is 6. The highest BCUT2D eigenvalue weighted by Crippen LogP contribution is 2.29. The van der Waals surface area contributed by atoms with Crippen molar-refractivity contribution in [2.45, 2.75) is 40.5 Å². The zero-order valence-electron chi connectivity index (χ0n) is 15.7. The molecule has 2 aliphatic rings. The molecular weight excluding hydrogens is 430 g/mol. The lowest BCUT2D eigenvalue weighted by Crippen LogP contribution is -2.13. The maximum atomic E-state index is 13.1. The van der Waals surface area contributed by atoms with E-state index >= 15 is 0 Å². The molecule has 10 nitrogen and oxygen atoms in total. The first-order valence-electron chi connectivity index (χ1n) is 9.03. The minimum atomic E-state index is -0.454. The number of hydrogen-bond acceptors (Lipinski definition) is 10. The summed E-state index contributed by atoms with van der Waals surface area (Å²) >= 11 is 5.52. The van der Waals surface area contributed by atoms with E-state index in [1.165, 1.54) is 25.7 Å². The summed E-state index contributed by atoms with van der Waals surface area (Å²) < 4.78 is 26.1. The van der Waals surface area contributed by atoms with E-state index in [-0.39, 0.29) is 37.7 Å². The Morgan fingerprint density at radius 2 is 1.32 bits per heavy atom. The molecule has 2 fully saturated rings. The van der Waals surface area contributed by atoms with E-state index in [4.69, 9.17) is 17.4 Å². The van der Waals surface area contributed by atoms with Crippen LogP contribution in [0.5, 0.6) is 0 Å². The van der Waals surface area contributed by atoms with E-state index in [0.29, 0.717) is 11.8 Å². The molecule has 0 atom stereocenters. The maximum absolute atomic E-state index is 13.1. The van der Waals surface area contributed by atoms with Gasteiger partial charge < -0.3 is 10.6 Å². The second-order valence-electron chi connectivity index (χ2n) is 6.52. The van der Waals surface area contributed by atoms with Crippen molar-refractivity contribution in [3.63, 3.8) is 0 Å². The van der Waals surface area contributed by atoms with Crippen molar-refractivity contribution in [3.8, 4) is 0 Å². The zero-order chi connectivity index (χ0) is 21.2. The minimum absolute atomic E-state index is 0. The van der Waals surface area contributed by atoms with Gasteiger partial charge in [-0.15, -0.1) is 0 Å². The van der Waals surface area contributed by atoms with Crippen molar-refractivity contribution in [1.29, 1.82) is 0 Å². The molecule has 2 aliphatic carbocycles. The van der Waals surface area contributed by atoms with Gasteiger partial charge in [0.1, 0.15) is 0 Å². The molecule has 0 aliphatic heterocycles. The normalized spacial score (nSPS) is 13.7. The summed E-state index contributed by atoms with van der Waals surface area (Å²) in [4.78, 5) is 14.8. The molecule has 0 unspecified atom stereocenters. The first-order valence-corrected chi connectivity index (χ1v) is 9.41. The quantitative estimate of drug-likeness (QED) is 0.204. The van der Waals surface area contributed by atoms with Crippen LogP contribution in [0, 0.1) is 23.5 Å². The summed E-state index contributed by atoms with van der Waals surface area (Å²) in [6.45, 7) is 1.53. The highest BCUT2D eigenvalue weighted by molar-refractivity contribution is 6.28. The molecule has 4 rings (SSSR count). The Hall–Kier alpha value is -2.41. The first-order chi connectivity index (χ1) is 14.0. The van der Waals surface area contributed by atoms with Gasteiger partial charge in [-0.05, 0) is 49.1 Å². The van der Waals surface area contributed by atoms with Crippen LogP contribution in [0.25, 0.3) is 0 Å². The van der Waals surface area contributed by atoms with Gasteiger partial charge in [-0.3, -0.25) is 17.1 Å². The van der Waals surface area contributed by atoms with Crippen molar-refractivity contribution in [2.24, 2.45) is 29.4 Å². The lowest BCUT2D eigenvalue weighted by atomic mass is 10.4. The van der Waals surface area contributed by atoms with Crippen LogP contribution >= 0.6 is 11.6 Å². The third kappa shape index (κ3) is 10.4. The van der Waals surface area contributed by atoms with Crippen molar-refractivity contribution < 1.29 is 8.78 Å². The lowest BCUT2D eigenvalue weighted by Gasteiger charge is -2.06. The molecule has 0 radical (unpaired) electrons. The van der Waals surface area contributed by atoms with E-state index in [2.05, 4.69) is 47.7 Å². The van der Waals surface area contributed by atoms with Crippen LogP contribution in [0.15, 0.2) is 12.4 Å². The van der Waals surface area contributed by atoms with E-state index in [1.807, 2.05) is 0 Å². The van der Waals surface area contributed by atoms with Gasteiger partial charge in [-0.1, -0.05) is 14.9 Å².